The van der Waals surface area contributed by atoms with Gasteiger partial charge in [-0.25, -0.2) is 0 Å². The Morgan fingerprint density at radius 2 is 1.75 bits per heavy atom. The summed E-state index contributed by atoms with van der Waals surface area (Å²) in [6.45, 7) is 4.86. The summed E-state index contributed by atoms with van der Waals surface area (Å²) >= 11 is 0. The average molecular weight is 273 g/mol. The molecule has 0 unspecified atom stereocenters. The van der Waals surface area contributed by atoms with E-state index in [4.69, 9.17) is 0 Å². The molecule has 3 heteroatoms. The van der Waals surface area contributed by atoms with Gasteiger partial charge in [0.2, 0.25) is 0 Å². The summed E-state index contributed by atoms with van der Waals surface area (Å²) < 4.78 is 0. The molecule has 3 nitrogen and oxygen atoms in total. The fourth-order valence-electron chi connectivity index (χ4n) is 3.00. The highest BCUT2D eigenvalue weighted by Crippen LogP contribution is 2.22. The highest BCUT2D eigenvalue weighted by molar-refractivity contribution is 5.43. The van der Waals surface area contributed by atoms with Crippen molar-refractivity contribution in [3.63, 3.8) is 0 Å². The summed E-state index contributed by atoms with van der Waals surface area (Å²) in [5.74, 6) is 0.901. The van der Waals surface area contributed by atoms with Crippen LogP contribution in [0.25, 0.3) is 0 Å². The van der Waals surface area contributed by atoms with Crippen molar-refractivity contribution in [3.05, 3.63) is 29.8 Å². The Morgan fingerprint density at radius 3 is 2.35 bits per heavy atom. The molecule has 0 bridgehead atoms. The van der Waals surface area contributed by atoms with E-state index in [1.54, 1.807) is 0 Å². The number of hydrogen-bond acceptors (Lipinski definition) is 3. The first kappa shape index (κ1) is 13.9. The first-order valence-corrected chi connectivity index (χ1v) is 8.06. The van der Waals surface area contributed by atoms with Crippen molar-refractivity contribution in [3.8, 4) is 0 Å². The van der Waals surface area contributed by atoms with E-state index in [1.807, 2.05) is 7.05 Å². The third kappa shape index (κ3) is 3.97. The number of nitrogens with zero attached hydrogens (tertiary/aromatic N) is 1. The topological polar surface area (TPSA) is 27.3 Å². The van der Waals surface area contributed by atoms with Gasteiger partial charge in [0.15, 0.2) is 0 Å². The molecule has 0 aromatic heterocycles. The summed E-state index contributed by atoms with van der Waals surface area (Å²) in [6.07, 6.45) is 5.52. The van der Waals surface area contributed by atoms with E-state index < -0.39 is 0 Å². The molecule has 20 heavy (non-hydrogen) atoms. The normalized spacial score (nSPS) is 21.1. The third-order valence-corrected chi connectivity index (χ3v) is 4.63. The molecular formula is C17H27N3. The van der Waals surface area contributed by atoms with Gasteiger partial charge < -0.3 is 10.6 Å². The summed E-state index contributed by atoms with van der Waals surface area (Å²) in [7, 11) is 1.97. The smallest absolute Gasteiger partial charge is 0.0337 e. The Labute approximate surface area is 122 Å². The van der Waals surface area contributed by atoms with Crippen LogP contribution in [0.5, 0.6) is 0 Å². The molecule has 1 saturated heterocycles. The molecule has 2 N–H and O–H groups in total. The van der Waals surface area contributed by atoms with E-state index in [0.29, 0.717) is 0 Å². The van der Waals surface area contributed by atoms with Crippen LogP contribution in [-0.4, -0.2) is 37.6 Å². The van der Waals surface area contributed by atoms with E-state index in [1.165, 1.54) is 56.6 Å². The van der Waals surface area contributed by atoms with Crippen LogP contribution < -0.4 is 10.6 Å². The first-order chi connectivity index (χ1) is 9.83. The predicted octanol–water partition coefficient (Wildman–Crippen LogP) is 2.69. The van der Waals surface area contributed by atoms with Gasteiger partial charge in [-0.3, -0.25) is 4.90 Å². The monoisotopic (exact) mass is 273 g/mol. The lowest BCUT2D eigenvalue weighted by Gasteiger charge is -2.32. The maximum atomic E-state index is 3.68. The SMILES string of the molecule is CNc1ccc(CN2CCC(CNC3CC3)CC2)cc1. The molecule has 0 atom stereocenters. The molecule has 1 aliphatic heterocycles. The predicted molar refractivity (Wildman–Crippen MR) is 85.0 cm³/mol. The summed E-state index contributed by atoms with van der Waals surface area (Å²) in [6, 6.07) is 9.68. The lowest BCUT2D eigenvalue weighted by atomic mass is 9.96. The summed E-state index contributed by atoms with van der Waals surface area (Å²) in [4.78, 5) is 2.60. The Bertz CT molecular complexity index is 403. The number of anilines is 1. The number of rotatable bonds is 6. The highest BCUT2D eigenvalue weighted by Gasteiger charge is 2.24. The molecule has 2 aliphatic rings. The summed E-state index contributed by atoms with van der Waals surface area (Å²) in [5, 5.41) is 6.85. The fraction of sp³-hybridized carbons (Fsp3) is 0.647. The quantitative estimate of drug-likeness (QED) is 0.834. The zero-order valence-electron chi connectivity index (χ0n) is 12.6. The van der Waals surface area contributed by atoms with Gasteiger partial charge in [-0.05, 0) is 68.9 Å². The fourth-order valence-corrected chi connectivity index (χ4v) is 3.00. The van der Waals surface area contributed by atoms with Crippen molar-refractivity contribution < 1.29 is 0 Å². The number of nitrogens with one attached hydrogen (secondary N) is 2. The van der Waals surface area contributed by atoms with Crippen LogP contribution in [0.15, 0.2) is 24.3 Å². The van der Waals surface area contributed by atoms with Gasteiger partial charge in [0.25, 0.3) is 0 Å². The molecule has 1 saturated carbocycles. The van der Waals surface area contributed by atoms with Crippen LogP contribution >= 0.6 is 0 Å². The third-order valence-electron chi connectivity index (χ3n) is 4.63. The second-order valence-electron chi connectivity index (χ2n) is 6.35. The van der Waals surface area contributed by atoms with Gasteiger partial charge in [-0.1, -0.05) is 12.1 Å². The zero-order chi connectivity index (χ0) is 13.8. The van der Waals surface area contributed by atoms with E-state index in [9.17, 15) is 0 Å². The van der Waals surface area contributed by atoms with E-state index in [2.05, 4.69) is 39.8 Å². The van der Waals surface area contributed by atoms with Crippen molar-refractivity contribution in [1.82, 2.24) is 10.2 Å². The molecule has 0 amide bonds. The van der Waals surface area contributed by atoms with Gasteiger partial charge in [0, 0.05) is 25.3 Å². The summed E-state index contributed by atoms with van der Waals surface area (Å²) in [5.41, 5.74) is 2.62. The average Bonchev–Trinajstić information content (AvgIpc) is 3.32. The first-order valence-electron chi connectivity index (χ1n) is 8.06. The lowest BCUT2D eigenvalue weighted by molar-refractivity contribution is 0.175. The van der Waals surface area contributed by atoms with Crippen LogP contribution in [-0.2, 0) is 6.54 Å². The number of piperidine rings is 1. The largest absolute Gasteiger partial charge is 0.388 e. The minimum absolute atomic E-state index is 0.860. The molecular weight excluding hydrogens is 246 g/mol. The van der Waals surface area contributed by atoms with Gasteiger partial charge in [0.1, 0.15) is 0 Å². The van der Waals surface area contributed by atoms with Gasteiger partial charge in [-0.2, -0.15) is 0 Å². The van der Waals surface area contributed by atoms with Crippen LogP contribution in [0.1, 0.15) is 31.2 Å². The molecule has 110 valence electrons. The Hall–Kier alpha value is -1.06. The van der Waals surface area contributed by atoms with E-state index >= 15 is 0 Å². The minimum Gasteiger partial charge on any atom is -0.388 e. The molecule has 0 spiro atoms. The van der Waals surface area contributed by atoms with Gasteiger partial charge in [0.05, 0.1) is 0 Å². The zero-order valence-corrected chi connectivity index (χ0v) is 12.6. The Morgan fingerprint density at radius 1 is 1.05 bits per heavy atom. The second-order valence-corrected chi connectivity index (χ2v) is 6.35. The maximum absolute atomic E-state index is 3.68. The Balaban J connectivity index is 1.40. The number of hydrogen-bond donors (Lipinski definition) is 2. The van der Waals surface area contributed by atoms with Crippen LogP contribution in [0.2, 0.25) is 0 Å². The van der Waals surface area contributed by atoms with Crippen LogP contribution in [0.4, 0.5) is 5.69 Å². The van der Waals surface area contributed by atoms with Crippen molar-refractivity contribution in [2.45, 2.75) is 38.3 Å². The van der Waals surface area contributed by atoms with E-state index in [-0.39, 0.29) is 0 Å². The lowest BCUT2D eigenvalue weighted by Crippen LogP contribution is -2.37. The molecule has 2 fully saturated rings. The van der Waals surface area contributed by atoms with Gasteiger partial charge >= 0.3 is 0 Å². The number of benzene rings is 1. The van der Waals surface area contributed by atoms with E-state index in [0.717, 1.165) is 18.5 Å². The molecule has 1 aromatic rings. The minimum atomic E-state index is 0.860. The molecule has 1 aliphatic carbocycles. The van der Waals surface area contributed by atoms with Gasteiger partial charge in [-0.15, -0.1) is 0 Å². The Kier molecular flexibility index (Phi) is 4.58. The van der Waals surface area contributed by atoms with Crippen LogP contribution in [0, 0.1) is 5.92 Å². The molecule has 3 rings (SSSR count). The van der Waals surface area contributed by atoms with Crippen molar-refractivity contribution in [2.75, 3.05) is 32.0 Å². The molecule has 0 radical (unpaired) electrons. The highest BCUT2D eigenvalue weighted by atomic mass is 15.1. The van der Waals surface area contributed by atoms with Crippen molar-refractivity contribution >= 4 is 5.69 Å². The molecule has 1 heterocycles. The molecule has 1 aromatic carbocycles. The van der Waals surface area contributed by atoms with Crippen molar-refractivity contribution in [1.29, 1.82) is 0 Å². The standard InChI is InChI=1S/C17H27N3/c1-18-16-4-2-15(3-5-16)13-20-10-8-14(9-11-20)12-19-17-6-7-17/h2-5,14,17-19H,6-13H2,1H3. The second kappa shape index (κ2) is 6.59. The maximum Gasteiger partial charge on any atom is 0.0337 e. The van der Waals surface area contributed by atoms with Crippen LogP contribution in [0.3, 0.4) is 0 Å². The number of likely N-dealkylation sites (tertiary alicyclic amines) is 1. The van der Waals surface area contributed by atoms with Crippen molar-refractivity contribution in [2.24, 2.45) is 5.92 Å².